The Morgan fingerprint density at radius 3 is 2.40 bits per heavy atom. The molecule has 0 saturated carbocycles. The number of aromatic nitrogens is 1. The normalized spacial score (nSPS) is 11.2. The summed E-state index contributed by atoms with van der Waals surface area (Å²) in [7, 11) is 0. The molecular weight excluding hydrogens is 275 g/mol. The van der Waals surface area contributed by atoms with E-state index >= 15 is 0 Å². The highest BCUT2D eigenvalue weighted by atomic mass is 19.4. The number of carboxylic acid groups (broad SMARTS) is 1. The third-order valence-corrected chi connectivity index (χ3v) is 2.39. The fourth-order valence-electron chi connectivity index (χ4n) is 1.54. The number of alkyl halides is 3. The van der Waals surface area contributed by atoms with Crippen LogP contribution >= 0.6 is 0 Å². The predicted molar refractivity (Wildman–Crippen MR) is 62.7 cm³/mol. The lowest BCUT2D eigenvalue weighted by molar-refractivity contribution is -0.138. The van der Waals surface area contributed by atoms with Gasteiger partial charge in [-0.3, -0.25) is 0 Å². The standard InChI is InChI=1S/C13H8F3NO3/c14-13(15,16)8-4-1-2-5-9(8)20-10-6-3-7-17-11(10)12(18)19/h1-7H,(H,18,19). The molecule has 0 bridgehead atoms. The number of aromatic carboxylic acids is 1. The van der Waals surface area contributed by atoms with Gasteiger partial charge in [0.25, 0.3) is 0 Å². The van der Waals surface area contributed by atoms with Crippen LogP contribution < -0.4 is 4.74 Å². The van der Waals surface area contributed by atoms with Gasteiger partial charge in [0.05, 0.1) is 5.56 Å². The first-order valence-corrected chi connectivity index (χ1v) is 5.42. The number of halogens is 3. The van der Waals surface area contributed by atoms with Crippen molar-refractivity contribution < 1.29 is 27.8 Å². The Kier molecular flexibility index (Phi) is 3.60. The Hall–Kier alpha value is -2.57. The largest absolute Gasteiger partial charge is 0.476 e. The minimum absolute atomic E-state index is 0.253. The lowest BCUT2D eigenvalue weighted by Gasteiger charge is -2.14. The first kappa shape index (κ1) is 13.9. The van der Waals surface area contributed by atoms with Crippen LogP contribution in [0.25, 0.3) is 0 Å². The molecule has 0 aliphatic rings. The Labute approximate surface area is 111 Å². The zero-order valence-electron chi connectivity index (χ0n) is 9.89. The van der Waals surface area contributed by atoms with Crippen LogP contribution in [-0.2, 0) is 6.18 Å². The minimum Gasteiger partial charge on any atom is -0.476 e. The fourth-order valence-corrected chi connectivity index (χ4v) is 1.54. The summed E-state index contributed by atoms with van der Waals surface area (Å²) in [5.41, 5.74) is -1.44. The molecule has 0 amide bonds. The summed E-state index contributed by atoms with van der Waals surface area (Å²) in [5.74, 6) is -2.11. The van der Waals surface area contributed by atoms with Crippen LogP contribution in [-0.4, -0.2) is 16.1 Å². The topological polar surface area (TPSA) is 59.4 Å². The van der Waals surface area contributed by atoms with Crippen LogP contribution in [0.2, 0.25) is 0 Å². The zero-order chi connectivity index (χ0) is 14.8. The highest BCUT2D eigenvalue weighted by Crippen LogP contribution is 2.38. The van der Waals surface area contributed by atoms with Gasteiger partial charge < -0.3 is 9.84 Å². The highest BCUT2D eigenvalue weighted by molar-refractivity contribution is 5.88. The van der Waals surface area contributed by atoms with Crippen LogP contribution in [0.5, 0.6) is 11.5 Å². The van der Waals surface area contributed by atoms with Crippen molar-refractivity contribution >= 4 is 5.97 Å². The first-order valence-electron chi connectivity index (χ1n) is 5.42. The van der Waals surface area contributed by atoms with Crippen LogP contribution in [0.3, 0.4) is 0 Å². The second-order valence-electron chi connectivity index (χ2n) is 3.75. The van der Waals surface area contributed by atoms with Gasteiger partial charge in [-0.25, -0.2) is 9.78 Å². The monoisotopic (exact) mass is 283 g/mol. The quantitative estimate of drug-likeness (QED) is 0.935. The number of para-hydroxylation sites is 1. The number of benzene rings is 1. The lowest BCUT2D eigenvalue weighted by Crippen LogP contribution is -2.08. The molecule has 0 radical (unpaired) electrons. The molecule has 7 heteroatoms. The van der Waals surface area contributed by atoms with Crippen LogP contribution in [0.1, 0.15) is 16.1 Å². The van der Waals surface area contributed by atoms with Gasteiger partial charge in [0.2, 0.25) is 0 Å². The third-order valence-electron chi connectivity index (χ3n) is 2.39. The summed E-state index contributed by atoms with van der Waals surface area (Å²) in [4.78, 5) is 14.5. The summed E-state index contributed by atoms with van der Waals surface area (Å²) in [5, 5.41) is 8.91. The van der Waals surface area contributed by atoms with E-state index in [9.17, 15) is 18.0 Å². The Morgan fingerprint density at radius 2 is 1.75 bits per heavy atom. The molecular formula is C13H8F3NO3. The van der Waals surface area contributed by atoms with E-state index in [-0.39, 0.29) is 5.75 Å². The van der Waals surface area contributed by atoms with Crippen molar-refractivity contribution in [2.75, 3.05) is 0 Å². The Bertz CT molecular complexity index is 641. The smallest absolute Gasteiger partial charge is 0.419 e. The molecule has 20 heavy (non-hydrogen) atoms. The molecule has 0 aliphatic carbocycles. The van der Waals surface area contributed by atoms with Gasteiger partial charge in [0.1, 0.15) is 5.75 Å². The van der Waals surface area contributed by atoms with Crippen molar-refractivity contribution in [1.29, 1.82) is 0 Å². The number of carboxylic acids is 1. The molecule has 2 rings (SSSR count). The molecule has 0 fully saturated rings. The van der Waals surface area contributed by atoms with E-state index in [1.54, 1.807) is 0 Å². The summed E-state index contributed by atoms with van der Waals surface area (Å²) >= 11 is 0. The SMILES string of the molecule is O=C(O)c1ncccc1Oc1ccccc1C(F)(F)F. The van der Waals surface area contributed by atoms with Gasteiger partial charge in [-0.15, -0.1) is 0 Å². The van der Waals surface area contributed by atoms with Gasteiger partial charge in [0, 0.05) is 6.20 Å². The number of hydrogen-bond acceptors (Lipinski definition) is 3. The van der Waals surface area contributed by atoms with Crippen molar-refractivity contribution in [3.8, 4) is 11.5 Å². The molecule has 0 atom stereocenters. The summed E-state index contributed by atoms with van der Waals surface area (Å²) < 4.78 is 43.5. The van der Waals surface area contributed by atoms with E-state index in [4.69, 9.17) is 9.84 Å². The third kappa shape index (κ3) is 2.87. The molecule has 2 aromatic rings. The maximum Gasteiger partial charge on any atom is 0.419 e. The number of carbonyl (C=O) groups is 1. The second-order valence-corrected chi connectivity index (χ2v) is 3.75. The molecule has 1 aromatic heterocycles. The lowest BCUT2D eigenvalue weighted by atomic mass is 10.2. The zero-order valence-corrected chi connectivity index (χ0v) is 9.89. The van der Waals surface area contributed by atoms with Crippen molar-refractivity contribution in [2.24, 2.45) is 0 Å². The Morgan fingerprint density at radius 1 is 1.10 bits per heavy atom. The maximum atomic E-state index is 12.8. The first-order chi connectivity index (χ1) is 9.39. The van der Waals surface area contributed by atoms with Gasteiger partial charge in [0.15, 0.2) is 11.4 Å². The maximum absolute atomic E-state index is 12.8. The average molecular weight is 283 g/mol. The number of nitrogens with zero attached hydrogens (tertiary/aromatic N) is 1. The van der Waals surface area contributed by atoms with Gasteiger partial charge in [-0.1, -0.05) is 12.1 Å². The fraction of sp³-hybridized carbons (Fsp3) is 0.0769. The van der Waals surface area contributed by atoms with Crippen molar-refractivity contribution in [1.82, 2.24) is 4.98 Å². The predicted octanol–water partition coefficient (Wildman–Crippen LogP) is 3.59. The molecule has 1 aromatic carbocycles. The van der Waals surface area contributed by atoms with E-state index in [2.05, 4.69) is 4.98 Å². The molecule has 0 saturated heterocycles. The molecule has 0 aliphatic heterocycles. The number of rotatable bonds is 3. The van der Waals surface area contributed by atoms with Crippen molar-refractivity contribution in [3.63, 3.8) is 0 Å². The van der Waals surface area contributed by atoms with Crippen LogP contribution in [0, 0.1) is 0 Å². The van der Waals surface area contributed by atoms with Crippen molar-refractivity contribution in [3.05, 3.63) is 53.9 Å². The van der Waals surface area contributed by atoms with Crippen LogP contribution in [0.4, 0.5) is 13.2 Å². The van der Waals surface area contributed by atoms with E-state index in [1.165, 1.54) is 30.5 Å². The van der Waals surface area contributed by atoms with Crippen LogP contribution in [0.15, 0.2) is 42.6 Å². The van der Waals surface area contributed by atoms with Gasteiger partial charge in [-0.2, -0.15) is 13.2 Å². The summed E-state index contributed by atoms with van der Waals surface area (Å²) in [6, 6.07) is 7.16. The molecule has 1 N–H and O–H groups in total. The van der Waals surface area contributed by atoms with Gasteiger partial charge in [-0.05, 0) is 24.3 Å². The Balaban J connectivity index is 2.44. The van der Waals surface area contributed by atoms with Gasteiger partial charge >= 0.3 is 12.1 Å². The summed E-state index contributed by atoms with van der Waals surface area (Å²) in [6.07, 6.45) is -3.38. The van der Waals surface area contributed by atoms with Crippen molar-refractivity contribution in [2.45, 2.75) is 6.18 Å². The van der Waals surface area contributed by atoms with E-state index < -0.39 is 29.2 Å². The second kappa shape index (κ2) is 5.20. The number of ether oxygens (including phenoxy) is 1. The summed E-state index contributed by atoms with van der Waals surface area (Å²) in [6.45, 7) is 0. The number of pyridine rings is 1. The molecule has 0 unspecified atom stereocenters. The molecule has 104 valence electrons. The van der Waals surface area contributed by atoms with E-state index in [0.717, 1.165) is 12.1 Å². The van der Waals surface area contributed by atoms with E-state index in [1.807, 2.05) is 0 Å². The molecule has 4 nitrogen and oxygen atoms in total. The van der Waals surface area contributed by atoms with E-state index in [0.29, 0.717) is 0 Å². The highest BCUT2D eigenvalue weighted by Gasteiger charge is 2.34. The minimum atomic E-state index is -4.60. The molecule has 1 heterocycles. The molecule has 0 spiro atoms. The average Bonchev–Trinajstić information content (AvgIpc) is 2.38. The number of hydrogen-bond donors (Lipinski definition) is 1.